The fourth-order valence-corrected chi connectivity index (χ4v) is 2.46. The zero-order valence-corrected chi connectivity index (χ0v) is 9.22. The van der Waals surface area contributed by atoms with Gasteiger partial charge in [-0.3, -0.25) is 4.40 Å². The number of rotatable bonds is 1. The second-order valence-electron chi connectivity index (χ2n) is 3.84. The SMILES string of the molecule is Cc1nc2sccn2c1C(C)(C)C#N. The van der Waals surface area contributed by atoms with E-state index in [-0.39, 0.29) is 0 Å². The minimum absolute atomic E-state index is 0.482. The van der Waals surface area contributed by atoms with E-state index in [4.69, 9.17) is 5.26 Å². The lowest BCUT2D eigenvalue weighted by Crippen LogP contribution is -2.17. The summed E-state index contributed by atoms with van der Waals surface area (Å²) in [5.74, 6) is 0. The molecule has 0 N–H and O–H groups in total. The summed E-state index contributed by atoms with van der Waals surface area (Å²) in [6.45, 7) is 5.79. The monoisotopic (exact) mass is 205 g/mol. The average Bonchev–Trinajstić information content (AvgIpc) is 2.62. The van der Waals surface area contributed by atoms with Gasteiger partial charge in [-0.2, -0.15) is 5.26 Å². The molecular weight excluding hydrogens is 194 g/mol. The number of nitriles is 1. The van der Waals surface area contributed by atoms with Crippen molar-refractivity contribution in [2.45, 2.75) is 26.2 Å². The van der Waals surface area contributed by atoms with Gasteiger partial charge in [0.2, 0.25) is 0 Å². The molecule has 4 heteroatoms. The summed E-state index contributed by atoms with van der Waals surface area (Å²) in [6.07, 6.45) is 1.97. The van der Waals surface area contributed by atoms with Gasteiger partial charge in [0.15, 0.2) is 4.96 Å². The second kappa shape index (κ2) is 2.82. The van der Waals surface area contributed by atoms with Crippen molar-refractivity contribution < 1.29 is 0 Å². The van der Waals surface area contributed by atoms with Crippen LogP contribution in [0.1, 0.15) is 25.2 Å². The van der Waals surface area contributed by atoms with Gasteiger partial charge in [0.05, 0.1) is 22.9 Å². The number of aryl methyl sites for hydroxylation is 1. The van der Waals surface area contributed by atoms with Crippen LogP contribution < -0.4 is 0 Å². The van der Waals surface area contributed by atoms with E-state index in [1.54, 1.807) is 11.3 Å². The van der Waals surface area contributed by atoms with Crippen LogP contribution in [0.2, 0.25) is 0 Å². The number of thiazole rings is 1. The molecule has 0 aliphatic rings. The number of nitrogens with zero attached hydrogens (tertiary/aromatic N) is 3. The predicted octanol–water partition coefficient (Wildman–Crippen LogP) is 2.51. The lowest BCUT2D eigenvalue weighted by atomic mass is 9.90. The van der Waals surface area contributed by atoms with Crippen LogP contribution in [-0.2, 0) is 5.41 Å². The van der Waals surface area contributed by atoms with E-state index >= 15 is 0 Å². The summed E-state index contributed by atoms with van der Waals surface area (Å²) in [5.41, 5.74) is 1.46. The lowest BCUT2D eigenvalue weighted by molar-refractivity contribution is 0.647. The molecule has 0 fully saturated rings. The normalized spacial score (nSPS) is 11.9. The van der Waals surface area contributed by atoms with E-state index in [1.165, 1.54) is 0 Å². The van der Waals surface area contributed by atoms with Crippen molar-refractivity contribution in [3.8, 4) is 6.07 Å². The maximum Gasteiger partial charge on any atom is 0.194 e. The van der Waals surface area contributed by atoms with Crippen LogP contribution in [0.5, 0.6) is 0 Å². The summed E-state index contributed by atoms with van der Waals surface area (Å²) < 4.78 is 2.00. The Hall–Kier alpha value is -1.34. The Bertz CT molecular complexity index is 513. The number of aromatic nitrogens is 2. The Morgan fingerprint density at radius 3 is 2.93 bits per heavy atom. The minimum Gasteiger partial charge on any atom is -0.293 e. The van der Waals surface area contributed by atoms with E-state index in [0.29, 0.717) is 0 Å². The highest BCUT2D eigenvalue weighted by Crippen LogP contribution is 2.28. The summed E-state index contributed by atoms with van der Waals surface area (Å²) in [7, 11) is 0. The van der Waals surface area contributed by atoms with Crippen LogP contribution in [0, 0.1) is 18.3 Å². The largest absolute Gasteiger partial charge is 0.293 e. The van der Waals surface area contributed by atoms with Crippen molar-refractivity contribution >= 4 is 16.3 Å². The Kier molecular flexibility index (Phi) is 1.86. The van der Waals surface area contributed by atoms with Gasteiger partial charge in [0.25, 0.3) is 0 Å². The summed E-state index contributed by atoms with van der Waals surface area (Å²) in [4.78, 5) is 5.38. The van der Waals surface area contributed by atoms with E-state index in [9.17, 15) is 0 Å². The molecule has 0 amide bonds. The van der Waals surface area contributed by atoms with Gasteiger partial charge >= 0.3 is 0 Å². The third-order valence-electron chi connectivity index (χ3n) is 2.31. The minimum atomic E-state index is -0.482. The topological polar surface area (TPSA) is 41.1 Å². The molecule has 0 radical (unpaired) electrons. The Morgan fingerprint density at radius 1 is 1.57 bits per heavy atom. The first-order valence-corrected chi connectivity index (χ1v) is 5.28. The van der Waals surface area contributed by atoms with E-state index in [2.05, 4.69) is 11.1 Å². The second-order valence-corrected chi connectivity index (χ2v) is 4.71. The van der Waals surface area contributed by atoms with Gasteiger partial charge in [-0.25, -0.2) is 4.98 Å². The average molecular weight is 205 g/mol. The third kappa shape index (κ3) is 1.13. The van der Waals surface area contributed by atoms with Crippen molar-refractivity contribution in [2.24, 2.45) is 0 Å². The highest BCUT2D eigenvalue weighted by Gasteiger charge is 2.27. The molecular formula is C10H11N3S. The van der Waals surface area contributed by atoms with Crippen LogP contribution in [-0.4, -0.2) is 9.38 Å². The zero-order valence-electron chi connectivity index (χ0n) is 8.40. The molecule has 0 spiro atoms. The first-order chi connectivity index (χ1) is 6.56. The molecule has 2 aromatic rings. The van der Waals surface area contributed by atoms with Gasteiger partial charge in [-0.05, 0) is 20.8 Å². The molecule has 14 heavy (non-hydrogen) atoms. The molecule has 0 atom stereocenters. The molecule has 0 aliphatic heterocycles. The maximum absolute atomic E-state index is 9.10. The van der Waals surface area contributed by atoms with Crippen LogP contribution in [0.3, 0.4) is 0 Å². The van der Waals surface area contributed by atoms with Gasteiger partial charge in [-0.15, -0.1) is 11.3 Å². The molecule has 0 bridgehead atoms. The van der Waals surface area contributed by atoms with Crippen LogP contribution in [0.25, 0.3) is 4.96 Å². The molecule has 0 saturated heterocycles. The predicted molar refractivity (Wildman–Crippen MR) is 56.4 cm³/mol. The quantitative estimate of drug-likeness (QED) is 0.717. The standard InChI is InChI=1S/C10H11N3S/c1-7-8(10(2,3)6-11)13-4-5-14-9(13)12-7/h4-5H,1-3H3. The molecule has 0 saturated carbocycles. The van der Waals surface area contributed by atoms with Gasteiger partial charge < -0.3 is 0 Å². The molecule has 0 aromatic carbocycles. The molecule has 2 heterocycles. The first-order valence-electron chi connectivity index (χ1n) is 4.40. The van der Waals surface area contributed by atoms with Crippen molar-refractivity contribution in [3.63, 3.8) is 0 Å². The molecule has 0 unspecified atom stereocenters. The molecule has 3 nitrogen and oxygen atoms in total. The van der Waals surface area contributed by atoms with E-state index < -0.39 is 5.41 Å². The number of hydrogen-bond donors (Lipinski definition) is 0. The van der Waals surface area contributed by atoms with Crippen molar-refractivity contribution in [1.82, 2.24) is 9.38 Å². The Balaban J connectivity index is 2.78. The van der Waals surface area contributed by atoms with Crippen LogP contribution in [0.4, 0.5) is 0 Å². The molecule has 0 aliphatic carbocycles. The summed E-state index contributed by atoms with van der Waals surface area (Å²) in [6, 6.07) is 2.31. The number of hydrogen-bond acceptors (Lipinski definition) is 3. The fourth-order valence-electron chi connectivity index (χ4n) is 1.70. The summed E-state index contributed by atoms with van der Waals surface area (Å²) >= 11 is 1.59. The van der Waals surface area contributed by atoms with Crippen molar-refractivity contribution in [2.75, 3.05) is 0 Å². The van der Waals surface area contributed by atoms with Crippen molar-refractivity contribution in [1.29, 1.82) is 5.26 Å². The first kappa shape index (κ1) is 9.22. The lowest BCUT2D eigenvalue weighted by Gasteiger charge is -2.15. The van der Waals surface area contributed by atoms with E-state index in [0.717, 1.165) is 16.3 Å². The highest BCUT2D eigenvalue weighted by atomic mass is 32.1. The van der Waals surface area contributed by atoms with Gasteiger partial charge in [-0.1, -0.05) is 0 Å². The molecule has 72 valence electrons. The van der Waals surface area contributed by atoms with Crippen molar-refractivity contribution in [3.05, 3.63) is 23.0 Å². The Morgan fingerprint density at radius 2 is 2.29 bits per heavy atom. The molecule has 2 rings (SSSR count). The fraction of sp³-hybridized carbons (Fsp3) is 0.400. The van der Waals surface area contributed by atoms with Gasteiger partial charge in [0.1, 0.15) is 0 Å². The van der Waals surface area contributed by atoms with E-state index in [1.807, 2.05) is 36.7 Å². The van der Waals surface area contributed by atoms with Crippen LogP contribution >= 0.6 is 11.3 Å². The number of fused-ring (bicyclic) bond motifs is 1. The third-order valence-corrected chi connectivity index (χ3v) is 3.06. The van der Waals surface area contributed by atoms with Crippen LogP contribution in [0.15, 0.2) is 11.6 Å². The smallest absolute Gasteiger partial charge is 0.194 e. The maximum atomic E-state index is 9.10. The summed E-state index contributed by atoms with van der Waals surface area (Å²) in [5, 5.41) is 11.1. The highest BCUT2D eigenvalue weighted by molar-refractivity contribution is 7.15. The molecule has 2 aromatic heterocycles. The Labute approximate surface area is 86.6 Å². The zero-order chi connectivity index (χ0) is 10.3. The van der Waals surface area contributed by atoms with Gasteiger partial charge in [0, 0.05) is 11.6 Å². The number of imidazole rings is 1.